The molecular weight excluding hydrogens is 356 g/mol. The Labute approximate surface area is 163 Å². The number of carboxylic acid groups (broad SMARTS) is 1. The number of carbonyl (C=O) groups is 3. The summed E-state index contributed by atoms with van der Waals surface area (Å²) in [5.74, 6) is -3.17. The van der Waals surface area contributed by atoms with Crippen LogP contribution in [0.2, 0.25) is 0 Å². The van der Waals surface area contributed by atoms with Gasteiger partial charge in [0.15, 0.2) is 0 Å². The third kappa shape index (κ3) is 4.46. The van der Waals surface area contributed by atoms with E-state index in [1.54, 1.807) is 36.4 Å². The zero-order chi connectivity index (χ0) is 20.1. The standard InChI is InChI=1S/C22H22N2O4/c1-14-7-6-8-15(13-14)23-21(26)18-11-4-5-12-19(18)24-20(25)16-9-2-3-10-17(16)22(27)28/h2-8,11-13,16-17H,9-10H2,1H3,(H,23,26)(H,24,25)(H,27,28)/t16-,17+/m0/s1. The van der Waals surface area contributed by atoms with E-state index in [0.29, 0.717) is 29.8 Å². The maximum absolute atomic E-state index is 12.7. The Kier molecular flexibility index (Phi) is 5.89. The number of amides is 2. The van der Waals surface area contributed by atoms with Crippen molar-refractivity contribution in [3.8, 4) is 0 Å². The van der Waals surface area contributed by atoms with Crippen molar-refractivity contribution in [3.05, 3.63) is 71.8 Å². The highest BCUT2D eigenvalue weighted by molar-refractivity contribution is 6.10. The van der Waals surface area contributed by atoms with Crippen molar-refractivity contribution >= 4 is 29.2 Å². The van der Waals surface area contributed by atoms with E-state index in [2.05, 4.69) is 10.6 Å². The molecule has 0 aromatic heterocycles. The summed E-state index contributed by atoms with van der Waals surface area (Å²) in [6.45, 7) is 1.93. The Morgan fingerprint density at radius 1 is 0.929 bits per heavy atom. The molecule has 0 saturated carbocycles. The fraction of sp³-hybridized carbons (Fsp3) is 0.227. The van der Waals surface area contributed by atoms with Crippen molar-refractivity contribution < 1.29 is 19.5 Å². The van der Waals surface area contributed by atoms with Gasteiger partial charge in [0.05, 0.1) is 23.1 Å². The number of hydrogen-bond acceptors (Lipinski definition) is 3. The third-order valence-electron chi connectivity index (χ3n) is 4.79. The van der Waals surface area contributed by atoms with Gasteiger partial charge in [0.2, 0.25) is 5.91 Å². The SMILES string of the molecule is Cc1cccc(NC(=O)c2ccccc2NC(=O)[C@H]2CC=CC[C@H]2C(=O)O)c1. The Balaban J connectivity index is 1.78. The quantitative estimate of drug-likeness (QED) is 0.689. The largest absolute Gasteiger partial charge is 0.481 e. The smallest absolute Gasteiger partial charge is 0.307 e. The first-order chi connectivity index (χ1) is 13.5. The highest BCUT2D eigenvalue weighted by Gasteiger charge is 2.34. The van der Waals surface area contributed by atoms with E-state index in [-0.39, 0.29) is 5.91 Å². The maximum atomic E-state index is 12.7. The molecule has 2 atom stereocenters. The van der Waals surface area contributed by atoms with Crippen LogP contribution in [0.5, 0.6) is 0 Å². The molecule has 3 rings (SSSR count). The molecule has 2 aromatic rings. The maximum Gasteiger partial charge on any atom is 0.307 e. The second kappa shape index (κ2) is 8.52. The molecule has 0 saturated heterocycles. The van der Waals surface area contributed by atoms with Crippen molar-refractivity contribution in [3.63, 3.8) is 0 Å². The number of aliphatic carboxylic acids is 1. The van der Waals surface area contributed by atoms with Gasteiger partial charge in [-0.2, -0.15) is 0 Å². The van der Waals surface area contributed by atoms with Crippen molar-refractivity contribution in [1.82, 2.24) is 0 Å². The van der Waals surface area contributed by atoms with Crippen LogP contribution in [-0.2, 0) is 9.59 Å². The summed E-state index contributed by atoms with van der Waals surface area (Å²) in [5.41, 5.74) is 2.35. The van der Waals surface area contributed by atoms with Crippen LogP contribution in [0.15, 0.2) is 60.7 Å². The highest BCUT2D eigenvalue weighted by atomic mass is 16.4. The van der Waals surface area contributed by atoms with E-state index in [0.717, 1.165) is 5.56 Å². The zero-order valence-corrected chi connectivity index (χ0v) is 15.5. The first-order valence-electron chi connectivity index (χ1n) is 9.11. The van der Waals surface area contributed by atoms with E-state index in [9.17, 15) is 19.5 Å². The molecule has 144 valence electrons. The number of allylic oxidation sites excluding steroid dienone is 2. The second-order valence-corrected chi connectivity index (χ2v) is 6.85. The summed E-state index contributed by atoms with van der Waals surface area (Å²) in [7, 11) is 0. The monoisotopic (exact) mass is 378 g/mol. The molecular formula is C22H22N2O4. The minimum absolute atomic E-state index is 0.315. The van der Waals surface area contributed by atoms with Crippen molar-refractivity contribution in [1.29, 1.82) is 0 Å². The van der Waals surface area contributed by atoms with Crippen molar-refractivity contribution in [2.24, 2.45) is 11.8 Å². The van der Waals surface area contributed by atoms with Crippen LogP contribution in [0.25, 0.3) is 0 Å². The highest BCUT2D eigenvalue weighted by Crippen LogP contribution is 2.28. The fourth-order valence-electron chi connectivity index (χ4n) is 3.31. The van der Waals surface area contributed by atoms with E-state index in [4.69, 9.17) is 0 Å². The molecule has 6 heteroatoms. The first kappa shape index (κ1) is 19.4. The van der Waals surface area contributed by atoms with Gasteiger partial charge in [-0.15, -0.1) is 0 Å². The summed E-state index contributed by atoms with van der Waals surface area (Å²) >= 11 is 0. The van der Waals surface area contributed by atoms with Gasteiger partial charge in [-0.25, -0.2) is 0 Å². The third-order valence-corrected chi connectivity index (χ3v) is 4.79. The van der Waals surface area contributed by atoms with Gasteiger partial charge in [-0.1, -0.05) is 36.4 Å². The molecule has 0 unspecified atom stereocenters. The minimum Gasteiger partial charge on any atom is -0.481 e. The normalized spacial score (nSPS) is 18.3. The minimum atomic E-state index is -0.991. The summed E-state index contributed by atoms with van der Waals surface area (Å²) in [5, 5.41) is 14.9. The van der Waals surface area contributed by atoms with Crippen LogP contribution >= 0.6 is 0 Å². The lowest BCUT2D eigenvalue weighted by atomic mass is 9.82. The molecule has 3 N–H and O–H groups in total. The number of aryl methyl sites for hydroxylation is 1. The molecule has 1 aliphatic rings. The summed E-state index contributed by atoms with van der Waals surface area (Å²) < 4.78 is 0. The zero-order valence-electron chi connectivity index (χ0n) is 15.5. The molecule has 28 heavy (non-hydrogen) atoms. The van der Waals surface area contributed by atoms with Crippen LogP contribution in [0.3, 0.4) is 0 Å². The lowest BCUT2D eigenvalue weighted by molar-refractivity contribution is -0.146. The van der Waals surface area contributed by atoms with E-state index >= 15 is 0 Å². The Morgan fingerprint density at radius 2 is 1.64 bits per heavy atom. The van der Waals surface area contributed by atoms with Gasteiger partial charge in [0, 0.05) is 5.69 Å². The van der Waals surface area contributed by atoms with Crippen molar-refractivity contribution in [2.75, 3.05) is 10.6 Å². The van der Waals surface area contributed by atoms with Crippen LogP contribution in [0.1, 0.15) is 28.8 Å². The molecule has 0 fully saturated rings. The van der Waals surface area contributed by atoms with Gasteiger partial charge in [-0.05, 0) is 49.6 Å². The number of benzene rings is 2. The van der Waals surface area contributed by atoms with Gasteiger partial charge < -0.3 is 15.7 Å². The predicted octanol–water partition coefficient (Wildman–Crippen LogP) is 3.85. The van der Waals surface area contributed by atoms with Crippen LogP contribution in [-0.4, -0.2) is 22.9 Å². The van der Waals surface area contributed by atoms with Gasteiger partial charge in [-0.3, -0.25) is 14.4 Å². The number of rotatable bonds is 5. The number of para-hydroxylation sites is 1. The average Bonchev–Trinajstić information content (AvgIpc) is 2.68. The fourth-order valence-corrected chi connectivity index (χ4v) is 3.31. The molecule has 6 nitrogen and oxygen atoms in total. The van der Waals surface area contributed by atoms with Gasteiger partial charge in [0.1, 0.15) is 0 Å². The first-order valence-corrected chi connectivity index (χ1v) is 9.11. The molecule has 2 amide bonds. The van der Waals surface area contributed by atoms with E-state index < -0.39 is 23.7 Å². The molecule has 1 aliphatic carbocycles. The second-order valence-electron chi connectivity index (χ2n) is 6.85. The average molecular weight is 378 g/mol. The molecule has 0 bridgehead atoms. The summed E-state index contributed by atoms with van der Waals surface area (Å²) in [6.07, 6.45) is 4.29. The molecule has 2 aromatic carbocycles. The Hall–Kier alpha value is -3.41. The topological polar surface area (TPSA) is 95.5 Å². The number of hydrogen-bond donors (Lipinski definition) is 3. The lowest BCUT2D eigenvalue weighted by Gasteiger charge is -2.24. The number of carboxylic acids is 1. The van der Waals surface area contributed by atoms with Crippen LogP contribution < -0.4 is 10.6 Å². The molecule has 0 aliphatic heterocycles. The summed E-state index contributed by atoms with van der Waals surface area (Å²) in [4.78, 5) is 36.9. The predicted molar refractivity (Wildman–Crippen MR) is 107 cm³/mol. The number of carbonyl (C=O) groups excluding carboxylic acids is 2. The number of anilines is 2. The van der Waals surface area contributed by atoms with E-state index in [1.807, 2.05) is 31.2 Å². The van der Waals surface area contributed by atoms with Gasteiger partial charge in [0.25, 0.3) is 5.91 Å². The molecule has 0 heterocycles. The Morgan fingerprint density at radius 3 is 2.36 bits per heavy atom. The van der Waals surface area contributed by atoms with Crippen LogP contribution in [0, 0.1) is 18.8 Å². The Bertz CT molecular complexity index is 936. The number of nitrogens with one attached hydrogen (secondary N) is 2. The molecule has 0 radical (unpaired) electrons. The van der Waals surface area contributed by atoms with Crippen molar-refractivity contribution in [2.45, 2.75) is 19.8 Å². The lowest BCUT2D eigenvalue weighted by Crippen LogP contribution is -2.35. The van der Waals surface area contributed by atoms with Gasteiger partial charge >= 0.3 is 5.97 Å². The summed E-state index contributed by atoms with van der Waals surface area (Å²) in [6, 6.07) is 14.1. The molecule has 0 spiro atoms. The van der Waals surface area contributed by atoms with Crippen LogP contribution in [0.4, 0.5) is 11.4 Å². The van der Waals surface area contributed by atoms with E-state index in [1.165, 1.54) is 0 Å².